The molecule has 0 amide bonds. The molecule has 0 aliphatic heterocycles. The third-order valence-corrected chi connectivity index (χ3v) is 2.25. The van der Waals surface area contributed by atoms with Crippen LogP contribution >= 0.6 is 0 Å². The zero-order valence-electron chi connectivity index (χ0n) is 9.38. The minimum atomic E-state index is 0. The second kappa shape index (κ2) is 7.49. The van der Waals surface area contributed by atoms with Gasteiger partial charge in [-0.25, -0.2) is 0 Å². The van der Waals surface area contributed by atoms with Crippen molar-refractivity contribution in [1.82, 2.24) is 0 Å². The average Bonchev–Trinajstić information content (AvgIpc) is 2.30. The third kappa shape index (κ3) is 4.72. The standard InChI is InChI=1S/C13H12BN.2H2O/c14-12-8-6-11(7-9-12)10-15-13-4-2-1-3-5-13;;/h1-9,15H,10H2;2*1H2/q+2;;/p-2. The Morgan fingerprint density at radius 3 is 2.00 bits per heavy atom. The van der Waals surface area contributed by atoms with E-state index in [2.05, 4.69) is 17.4 Å². The molecular formula is C13H14BNO2. The quantitative estimate of drug-likeness (QED) is 0.811. The van der Waals surface area contributed by atoms with Gasteiger partial charge in [-0.2, -0.15) is 0 Å². The number of nitrogens with one attached hydrogen (secondary N) is 1. The van der Waals surface area contributed by atoms with Crippen molar-refractivity contribution in [1.29, 1.82) is 0 Å². The Morgan fingerprint density at radius 1 is 0.824 bits per heavy atom. The van der Waals surface area contributed by atoms with Crippen LogP contribution in [-0.2, 0) is 6.54 Å². The summed E-state index contributed by atoms with van der Waals surface area (Å²) < 4.78 is 0. The summed E-state index contributed by atoms with van der Waals surface area (Å²) in [5.74, 6) is 0. The maximum absolute atomic E-state index is 5.61. The molecule has 0 heterocycles. The SMILES string of the molecule is [B+2]c1ccc(CNc2ccccc2)cc1.[OH-].[OH-]. The van der Waals surface area contributed by atoms with Crippen LogP contribution in [0, 0.1) is 0 Å². The van der Waals surface area contributed by atoms with Gasteiger partial charge in [0.25, 0.3) is 0 Å². The van der Waals surface area contributed by atoms with Crippen molar-refractivity contribution in [2.45, 2.75) is 6.54 Å². The first-order valence-corrected chi connectivity index (χ1v) is 4.98. The molecule has 86 valence electrons. The van der Waals surface area contributed by atoms with Crippen LogP contribution < -0.4 is 10.8 Å². The van der Waals surface area contributed by atoms with Crippen LogP contribution in [0.4, 0.5) is 5.69 Å². The second-order valence-electron chi connectivity index (χ2n) is 3.46. The summed E-state index contributed by atoms with van der Waals surface area (Å²) in [6, 6.07) is 18.1. The fourth-order valence-electron chi connectivity index (χ4n) is 1.40. The summed E-state index contributed by atoms with van der Waals surface area (Å²) in [5, 5.41) is 3.34. The Morgan fingerprint density at radius 2 is 1.41 bits per heavy atom. The predicted octanol–water partition coefficient (Wildman–Crippen LogP) is 1.74. The van der Waals surface area contributed by atoms with Crippen LogP contribution in [0.2, 0.25) is 0 Å². The van der Waals surface area contributed by atoms with E-state index < -0.39 is 0 Å². The summed E-state index contributed by atoms with van der Waals surface area (Å²) in [6.45, 7) is 0.824. The zero-order valence-corrected chi connectivity index (χ0v) is 9.38. The first kappa shape index (κ1) is 15.2. The third-order valence-electron chi connectivity index (χ3n) is 2.25. The van der Waals surface area contributed by atoms with Gasteiger partial charge in [0.2, 0.25) is 0 Å². The molecule has 3 nitrogen and oxygen atoms in total. The van der Waals surface area contributed by atoms with E-state index in [1.165, 1.54) is 5.56 Å². The Labute approximate surface area is 103 Å². The minimum Gasteiger partial charge on any atom is -0.870 e. The molecule has 0 saturated carbocycles. The normalized spacial score (nSPS) is 8.82. The fourth-order valence-corrected chi connectivity index (χ4v) is 1.40. The molecule has 0 atom stereocenters. The van der Waals surface area contributed by atoms with Gasteiger partial charge in [0.15, 0.2) is 0 Å². The van der Waals surface area contributed by atoms with Gasteiger partial charge in [0.05, 0.1) is 0 Å². The largest absolute Gasteiger partial charge is 0.870 e. The molecule has 0 aliphatic rings. The van der Waals surface area contributed by atoms with Crippen LogP contribution in [0.5, 0.6) is 0 Å². The van der Waals surface area contributed by atoms with Crippen molar-refractivity contribution >= 4 is 19.0 Å². The van der Waals surface area contributed by atoms with Crippen molar-refractivity contribution in [3.05, 3.63) is 60.2 Å². The van der Waals surface area contributed by atoms with Crippen molar-refractivity contribution in [3.63, 3.8) is 0 Å². The summed E-state index contributed by atoms with van der Waals surface area (Å²) in [4.78, 5) is 0. The zero-order chi connectivity index (χ0) is 10.5. The molecule has 0 aliphatic carbocycles. The van der Waals surface area contributed by atoms with E-state index in [-0.39, 0.29) is 11.0 Å². The monoisotopic (exact) mass is 227 g/mol. The predicted molar refractivity (Wildman–Crippen MR) is 69.5 cm³/mol. The van der Waals surface area contributed by atoms with Crippen LogP contribution in [0.25, 0.3) is 0 Å². The van der Waals surface area contributed by atoms with Crippen molar-refractivity contribution < 1.29 is 11.0 Å². The molecule has 2 rings (SSSR count). The van der Waals surface area contributed by atoms with Gasteiger partial charge in [0, 0.05) is 0 Å². The first-order chi connectivity index (χ1) is 7.34. The van der Waals surface area contributed by atoms with E-state index in [9.17, 15) is 0 Å². The van der Waals surface area contributed by atoms with E-state index in [0.717, 1.165) is 17.7 Å². The Bertz CT molecular complexity index is 417. The molecular weight excluding hydrogens is 213 g/mol. The number of benzene rings is 2. The topological polar surface area (TPSA) is 72.0 Å². The molecule has 2 aromatic carbocycles. The average molecular weight is 227 g/mol. The van der Waals surface area contributed by atoms with Gasteiger partial charge in [-0.15, -0.1) is 0 Å². The van der Waals surface area contributed by atoms with E-state index in [1.54, 1.807) is 0 Å². The number of hydrogen-bond acceptors (Lipinski definition) is 3. The first-order valence-electron chi connectivity index (χ1n) is 4.98. The Hall–Kier alpha value is -1.78. The van der Waals surface area contributed by atoms with Gasteiger partial charge in [-0.05, 0) is 0 Å². The van der Waals surface area contributed by atoms with Crippen molar-refractivity contribution in [2.24, 2.45) is 0 Å². The number of anilines is 1. The van der Waals surface area contributed by atoms with Gasteiger partial charge in [-0.3, -0.25) is 0 Å². The Balaban J connectivity index is 0.00000128. The molecule has 17 heavy (non-hydrogen) atoms. The summed E-state index contributed by atoms with van der Waals surface area (Å²) in [5.41, 5.74) is 3.17. The minimum absolute atomic E-state index is 0. The van der Waals surface area contributed by atoms with Crippen LogP contribution in [0.3, 0.4) is 0 Å². The van der Waals surface area contributed by atoms with Gasteiger partial charge in [-0.1, -0.05) is 0 Å². The number of rotatable bonds is 3. The van der Waals surface area contributed by atoms with Crippen LogP contribution in [0.15, 0.2) is 54.6 Å². The molecule has 0 spiro atoms. The van der Waals surface area contributed by atoms with Gasteiger partial charge >= 0.3 is 91.0 Å². The van der Waals surface area contributed by atoms with E-state index in [1.807, 2.05) is 42.5 Å². The molecule has 0 fully saturated rings. The maximum atomic E-state index is 5.61. The summed E-state index contributed by atoms with van der Waals surface area (Å²) in [7, 11) is 5.61. The molecule has 3 N–H and O–H groups in total. The van der Waals surface area contributed by atoms with Crippen LogP contribution in [0.1, 0.15) is 5.56 Å². The van der Waals surface area contributed by atoms with Crippen LogP contribution in [-0.4, -0.2) is 18.8 Å². The van der Waals surface area contributed by atoms with Gasteiger partial charge in [0.1, 0.15) is 0 Å². The van der Waals surface area contributed by atoms with Crippen molar-refractivity contribution in [3.8, 4) is 0 Å². The molecule has 2 aromatic rings. The molecule has 0 bridgehead atoms. The summed E-state index contributed by atoms with van der Waals surface area (Å²) in [6.07, 6.45) is 0. The second-order valence-corrected chi connectivity index (χ2v) is 3.46. The molecule has 0 saturated heterocycles. The van der Waals surface area contributed by atoms with E-state index in [0.29, 0.717) is 0 Å². The number of hydrogen-bond donors (Lipinski definition) is 1. The number of para-hydroxylation sites is 1. The smallest absolute Gasteiger partial charge is 0.870 e. The fraction of sp³-hybridized carbons (Fsp3) is 0.0769. The molecule has 0 aromatic heterocycles. The molecule has 4 heteroatoms. The van der Waals surface area contributed by atoms with Crippen molar-refractivity contribution in [2.75, 3.05) is 5.32 Å². The molecule has 0 unspecified atom stereocenters. The van der Waals surface area contributed by atoms with E-state index >= 15 is 0 Å². The molecule has 0 radical (unpaired) electrons. The maximum Gasteiger partial charge on any atom is -0.870 e. The summed E-state index contributed by atoms with van der Waals surface area (Å²) >= 11 is 0. The van der Waals surface area contributed by atoms with Gasteiger partial charge < -0.3 is 11.0 Å². The van der Waals surface area contributed by atoms with E-state index in [4.69, 9.17) is 7.85 Å². The Kier molecular flexibility index (Phi) is 6.71.